The second-order valence-electron chi connectivity index (χ2n) is 4.35. The molecule has 0 saturated carbocycles. The van der Waals surface area contributed by atoms with E-state index in [0.717, 1.165) is 0 Å². The molecule has 1 unspecified atom stereocenters. The number of rotatable bonds is 2. The molecule has 0 spiro atoms. The molecule has 88 valence electrons. The summed E-state index contributed by atoms with van der Waals surface area (Å²) in [6.45, 7) is 1.80. The Labute approximate surface area is 92.6 Å². The summed E-state index contributed by atoms with van der Waals surface area (Å²) in [4.78, 5) is 17.0. The number of carboxylic acids is 1. The zero-order valence-electron chi connectivity index (χ0n) is 8.73. The van der Waals surface area contributed by atoms with Crippen molar-refractivity contribution in [3.8, 4) is 0 Å². The van der Waals surface area contributed by atoms with Crippen LogP contribution in [0.3, 0.4) is 0 Å². The Hall–Kier alpha value is -1.37. The fourth-order valence-corrected chi connectivity index (χ4v) is 4.14. The minimum atomic E-state index is -3.01. The number of aromatic nitrogens is 2. The van der Waals surface area contributed by atoms with Crippen LogP contribution in [0.4, 0.5) is 0 Å². The summed E-state index contributed by atoms with van der Waals surface area (Å²) in [5.74, 6) is -1.11. The van der Waals surface area contributed by atoms with Crippen LogP contribution in [0.2, 0.25) is 0 Å². The van der Waals surface area contributed by atoms with E-state index < -0.39 is 21.2 Å². The van der Waals surface area contributed by atoms with Gasteiger partial charge in [0.05, 0.1) is 11.5 Å². The number of carbonyl (C=O) groups is 1. The fourth-order valence-electron chi connectivity index (χ4n) is 1.96. The lowest BCUT2D eigenvalue weighted by Gasteiger charge is -2.19. The third-order valence-electron chi connectivity index (χ3n) is 2.93. The molecule has 1 atom stereocenters. The molecule has 2 heterocycles. The minimum absolute atomic E-state index is 0.0429. The molecule has 16 heavy (non-hydrogen) atoms. The van der Waals surface area contributed by atoms with Gasteiger partial charge in [0.2, 0.25) is 5.82 Å². The van der Waals surface area contributed by atoms with Crippen molar-refractivity contribution in [2.45, 2.75) is 18.8 Å². The number of imidazole rings is 1. The van der Waals surface area contributed by atoms with Crippen molar-refractivity contribution in [3.05, 3.63) is 17.7 Å². The fraction of sp³-hybridized carbons (Fsp3) is 0.556. The van der Waals surface area contributed by atoms with E-state index in [1.807, 2.05) is 0 Å². The van der Waals surface area contributed by atoms with Gasteiger partial charge in [-0.2, -0.15) is 0 Å². The van der Waals surface area contributed by atoms with Crippen LogP contribution in [0.25, 0.3) is 0 Å². The van der Waals surface area contributed by atoms with E-state index in [1.165, 1.54) is 6.20 Å². The van der Waals surface area contributed by atoms with Crippen molar-refractivity contribution >= 4 is 15.8 Å². The number of aromatic amines is 1. The number of nitrogens with zero attached hydrogens (tertiary/aromatic N) is 1. The molecule has 1 aliphatic heterocycles. The van der Waals surface area contributed by atoms with Crippen LogP contribution in [-0.2, 0) is 15.3 Å². The molecule has 1 aliphatic rings. The summed E-state index contributed by atoms with van der Waals surface area (Å²) in [6, 6.07) is 0. The zero-order chi connectivity index (χ0) is 12.0. The van der Waals surface area contributed by atoms with E-state index in [9.17, 15) is 13.2 Å². The molecule has 2 rings (SSSR count). The maximum Gasteiger partial charge on any atom is 0.371 e. The predicted molar refractivity (Wildman–Crippen MR) is 56.2 cm³/mol. The van der Waals surface area contributed by atoms with E-state index in [0.29, 0.717) is 12.1 Å². The smallest absolute Gasteiger partial charge is 0.371 e. The van der Waals surface area contributed by atoms with Gasteiger partial charge in [0.15, 0.2) is 9.84 Å². The molecule has 2 N–H and O–H groups in total. The van der Waals surface area contributed by atoms with Gasteiger partial charge in [0.1, 0.15) is 0 Å². The Morgan fingerprint density at radius 3 is 2.75 bits per heavy atom. The molecule has 0 bridgehead atoms. The van der Waals surface area contributed by atoms with Gasteiger partial charge >= 0.3 is 5.97 Å². The number of hydrogen-bond donors (Lipinski definition) is 2. The normalized spacial score (nSPS) is 28.1. The average molecular weight is 244 g/mol. The van der Waals surface area contributed by atoms with Crippen molar-refractivity contribution < 1.29 is 18.3 Å². The Morgan fingerprint density at radius 2 is 2.31 bits per heavy atom. The van der Waals surface area contributed by atoms with Crippen LogP contribution < -0.4 is 0 Å². The topological polar surface area (TPSA) is 100 Å². The minimum Gasteiger partial charge on any atom is -0.475 e. The number of sulfone groups is 1. The van der Waals surface area contributed by atoms with Crippen LogP contribution in [0.5, 0.6) is 0 Å². The highest BCUT2D eigenvalue weighted by atomic mass is 32.2. The van der Waals surface area contributed by atoms with Crippen LogP contribution in [0.1, 0.15) is 29.7 Å². The van der Waals surface area contributed by atoms with Crippen molar-refractivity contribution in [1.82, 2.24) is 9.97 Å². The molecule has 1 fully saturated rings. The first-order chi connectivity index (χ1) is 7.32. The largest absolute Gasteiger partial charge is 0.475 e. The molecule has 0 aliphatic carbocycles. The lowest BCUT2D eigenvalue weighted by atomic mass is 9.87. The first-order valence-corrected chi connectivity index (χ1v) is 6.64. The number of H-pyrrole nitrogens is 1. The lowest BCUT2D eigenvalue weighted by Crippen LogP contribution is -2.24. The number of carboxylic acid groups (broad SMARTS) is 1. The van der Waals surface area contributed by atoms with Gasteiger partial charge in [-0.05, 0) is 6.42 Å². The van der Waals surface area contributed by atoms with Crippen molar-refractivity contribution in [3.63, 3.8) is 0 Å². The van der Waals surface area contributed by atoms with E-state index >= 15 is 0 Å². The van der Waals surface area contributed by atoms with Gasteiger partial charge in [-0.3, -0.25) is 0 Å². The number of hydrogen-bond acceptors (Lipinski definition) is 4. The lowest BCUT2D eigenvalue weighted by molar-refractivity contribution is 0.0684. The predicted octanol–water partition coefficient (Wildman–Crippen LogP) is 0.184. The van der Waals surface area contributed by atoms with Crippen molar-refractivity contribution in [1.29, 1.82) is 0 Å². The highest BCUT2D eigenvalue weighted by Gasteiger charge is 2.41. The molecule has 0 amide bonds. The van der Waals surface area contributed by atoms with Crippen LogP contribution in [0, 0.1) is 0 Å². The number of nitrogens with one attached hydrogen (secondary N) is 1. The summed E-state index contributed by atoms with van der Waals surface area (Å²) in [6.07, 6.45) is 1.90. The molecular formula is C9H12N2O4S. The standard InChI is InChI=1S/C9H12N2O4S/c1-9(2-3-16(14,15)5-9)6-4-10-7(11-6)8(12)13/h4H,2-3,5H2,1H3,(H,10,11)(H,12,13). The summed E-state index contributed by atoms with van der Waals surface area (Å²) in [5.41, 5.74) is 0.0328. The van der Waals surface area contributed by atoms with Crippen molar-refractivity contribution in [2.75, 3.05) is 11.5 Å². The third kappa shape index (κ3) is 1.82. The molecule has 0 radical (unpaired) electrons. The maximum atomic E-state index is 11.4. The van der Waals surface area contributed by atoms with Gasteiger partial charge in [0.25, 0.3) is 0 Å². The molecule has 7 heteroatoms. The van der Waals surface area contributed by atoms with Crippen molar-refractivity contribution in [2.24, 2.45) is 0 Å². The highest BCUT2D eigenvalue weighted by molar-refractivity contribution is 7.91. The van der Waals surface area contributed by atoms with E-state index in [2.05, 4.69) is 9.97 Å². The van der Waals surface area contributed by atoms with E-state index in [1.54, 1.807) is 6.92 Å². The van der Waals surface area contributed by atoms with E-state index in [-0.39, 0.29) is 17.3 Å². The summed E-state index contributed by atoms with van der Waals surface area (Å²) < 4.78 is 22.8. The Bertz CT molecular complexity index is 533. The van der Waals surface area contributed by atoms with Gasteiger partial charge in [-0.1, -0.05) is 6.92 Å². The monoisotopic (exact) mass is 244 g/mol. The molecule has 0 aromatic carbocycles. The first-order valence-electron chi connectivity index (χ1n) is 4.82. The highest BCUT2D eigenvalue weighted by Crippen LogP contribution is 2.34. The number of aromatic carboxylic acids is 1. The second kappa shape index (κ2) is 3.31. The summed E-state index contributed by atoms with van der Waals surface area (Å²) in [5, 5.41) is 8.72. The van der Waals surface area contributed by atoms with Crippen LogP contribution in [0.15, 0.2) is 6.20 Å². The van der Waals surface area contributed by atoms with Gasteiger partial charge in [-0.25, -0.2) is 18.2 Å². The van der Waals surface area contributed by atoms with Crippen LogP contribution >= 0.6 is 0 Å². The quantitative estimate of drug-likeness (QED) is 0.773. The van der Waals surface area contributed by atoms with E-state index in [4.69, 9.17) is 5.11 Å². The Kier molecular flexibility index (Phi) is 2.30. The molecule has 1 aromatic rings. The van der Waals surface area contributed by atoms with Crippen LogP contribution in [-0.4, -0.2) is 41.0 Å². The Balaban J connectivity index is 2.34. The van der Waals surface area contributed by atoms with Gasteiger partial charge in [-0.15, -0.1) is 0 Å². The average Bonchev–Trinajstić information content (AvgIpc) is 2.71. The SMILES string of the molecule is CC1(c2cnc(C(=O)O)[nH]2)CCS(=O)(=O)C1. The van der Waals surface area contributed by atoms with Gasteiger partial charge in [0, 0.05) is 17.3 Å². The summed E-state index contributed by atoms with van der Waals surface area (Å²) >= 11 is 0. The summed E-state index contributed by atoms with van der Waals surface area (Å²) in [7, 11) is -3.01. The first kappa shape index (κ1) is 11.1. The molecule has 1 saturated heterocycles. The maximum absolute atomic E-state index is 11.4. The zero-order valence-corrected chi connectivity index (χ0v) is 9.54. The third-order valence-corrected chi connectivity index (χ3v) is 4.84. The molecule has 6 nitrogen and oxygen atoms in total. The second-order valence-corrected chi connectivity index (χ2v) is 6.54. The molecule has 1 aromatic heterocycles. The van der Waals surface area contributed by atoms with Gasteiger partial charge < -0.3 is 10.1 Å². The molecular weight excluding hydrogens is 232 g/mol. The Morgan fingerprint density at radius 1 is 1.62 bits per heavy atom.